The van der Waals surface area contributed by atoms with Gasteiger partial charge in [-0.1, -0.05) is 6.92 Å². The van der Waals surface area contributed by atoms with Crippen LogP contribution in [0.5, 0.6) is 0 Å². The van der Waals surface area contributed by atoms with Gasteiger partial charge in [0.15, 0.2) is 5.72 Å². The summed E-state index contributed by atoms with van der Waals surface area (Å²) in [6.07, 6.45) is 1.06. The molecule has 4 nitrogen and oxygen atoms in total. The van der Waals surface area contributed by atoms with Gasteiger partial charge in [-0.05, 0) is 13.3 Å². The van der Waals surface area contributed by atoms with Crippen LogP contribution in [0, 0.1) is 0 Å². The van der Waals surface area contributed by atoms with Crippen molar-refractivity contribution in [2.24, 2.45) is 5.73 Å². The quantitative estimate of drug-likeness (QED) is 0.479. The van der Waals surface area contributed by atoms with Crippen molar-refractivity contribution in [2.75, 3.05) is 6.61 Å². The molecule has 0 saturated heterocycles. The first-order chi connectivity index (χ1) is 4.95. The number of ether oxygens (including phenoxy) is 1. The van der Waals surface area contributed by atoms with E-state index in [0.717, 1.165) is 6.42 Å². The van der Waals surface area contributed by atoms with Gasteiger partial charge in [0.1, 0.15) is 6.61 Å². The topological polar surface area (TPSA) is 72.2 Å². The third kappa shape index (κ3) is 7.29. The van der Waals surface area contributed by atoms with Gasteiger partial charge < -0.3 is 4.74 Å². The van der Waals surface area contributed by atoms with Crippen molar-refractivity contribution >= 4 is 5.97 Å². The Hall–Kier alpha value is -0.610. The fourth-order valence-corrected chi connectivity index (χ4v) is 0.500. The molecule has 0 aromatic carbocycles. The molecular formula is C7H14NO3. The van der Waals surface area contributed by atoms with Crippen LogP contribution in [0.15, 0.2) is 0 Å². The van der Waals surface area contributed by atoms with E-state index in [2.05, 4.69) is 4.74 Å². The van der Waals surface area contributed by atoms with Gasteiger partial charge in [-0.2, -0.15) is 0 Å². The van der Waals surface area contributed by atoms with Crippen molar-refractivity contribution in [2.45, 2.75) is 32.4 Å². The van der Waals surface area contributed by atoms with Crippen LogP contribution in [0.25, 0.3) is 0 Å². The molecule has 0 amide bonds. The minimum Gasteiger partial charge on any atom is -0.461 e. The molecule has 0 rings (SSSR count). The maximum Gasteiger partial charge on any atom is 0.305 e. The van der Waals surface area contributed by atoms with E-state index in [9.17, 15) is 9.90 Å². The fourth-order valence-electron chi connectivity index (χ4n) is 0.500. The molecule has 11 heavy (non-hydrogen) atoms. The van der Waals surface area contributed by atoms with Gasteiger partial charge in [-0.25, -0.2) is 5.11 Å². The van der Waals surface area contributed by atoms with Crippen molar-refractivity contribution in [3.63, 3.8) is 0 Å². The van der Waals surface area contributed by atoms with Crippen LogP contribution in [0.4, 0.5) is 0 Å². The predicted molar refractivity (Wildman–Crippen MR) is 39.1 cm³/mol. The number of carbonyl (C=O) groups excluding carboxylic acids is 1. The van der Waals surface area contributed by atoms with E-state index in [-0.39, 0.29) is 12.6 Å². The standard InChI is InChI=1S/C7H14NO3/c1-3-4-6(9)11-5-7(2,8)10/h3-5,8H2,1-2H3. The molecule has 0 fully saturated rings. The molecule has 4 heteroatoms. The second-order valence-corrected chi connectivity index (χ2v) is 2.72. The zero-order valence-corrected chi connectivity index (χ0v) is 6.92. The molecule has 0 saturated carbocycles. The van der Waals surface area contributed by atoms with E-state index < -0.39 is 5.72 Å². The lowest BCUT2D eigenvalue weighted by molar-refractivity contribution is -0.154. The van der Waals surface area contributed by atoms with E-state index in [1.165, 1.54) is 6.92 Å². The molecule has 2 N–H and O–H groups in total. The largest absolute Gasteiger partial charge is 0.461 e. The monoisotopic (exact) mass is 160 g/mol. The summed E-state index contributed by atoms with van der Waals surface area (Å²) in [6.45, 7) is 2.87. The summed E-state index contributed by atoms with van der Waals surface area (Å²) in [6, 6.07) is 0. The average molecular weight is 160 g/mol. The summed E-state index contributed by atoms with van der Waals surface area (Å²) in [5.41, 5.74) is 3.38. The van der Waals surface area contributed by atoms with Gasteiger partial charge in [0, 0.05) is 6.42 Å². The summed E-state index contributed by atoms with van der Waals surface area (Å²) >= 11 is 0. The minimum atomic E-state index is -1.66. The summed E-state index contributed by atoms with van der Waals surface area (Å²) in [5, 5.41) is 10.7. The van der Waals surface area contributed by atoms with Gasteiger partial charge in [0.2, 0.25) is 0 Å². The first-order valence-electron chi connectivity index (χ1n) is 3.60. The Morgan fingerprint density at radius 1 is 1.64 bits per heavy atom. The highest BCUT2D eigenvalue weighted by Crippen LogP contribution is 1.97. The summed E-state index contributed by atoms with van der Waals surface area (Å²) in [7, 11) is 0. The first-order valence-corrected chi connectivity index (χ1v) is 3.60. The van der Waals surface area contributed by atoms with Crippen LogP contribution in [-0.4, -0.2) is 18.3 Å². The van der Waals surface area contributed by atoms with Crippen LogP contribution >= 0.6 is 0 Å². The first kappa shape index (κ1) is 10.4. The van der Waals surface area contributed by atoms with Gasteiger partial charge in [-0.3, -0.25) is 10.5 Å². The molecule has 1 radical (unpaired) electrons. The number of nitrogens with two attached hydrogens (primary N) is 1. The third-order valence-corrected chi connectivity index (χ3v) is 0.974. The molecule has 0 aliphatic carbocycles. The van der Waals surface area contributed by atoms with Crippen LogP contribution in [0.3, 0.4) is 0 Å². The molecule has 1 unspecified atom stereocenters. The van der Waals surface area contributed by atoms with Crippen molar-refractivity contribution in [3.8, 4) is 0 Å². The van der Waals surface area contributed by atoms with Gasteiger partial charge in [-0.15, -0.1) is 0 Å². The zero-order chi connectivity index (χ0) is 8.91. The Morgan fingerprint density at radius 3 is 2.55 bits per heavy atom. The average Bonchev–Trinajstić information content (AvgIpc) is 1.83. The second-order valence-electron chi connectivity index (χ2n) is 2.72. The Bertz CT molecular complexity index is 128. The van der Waals surface area contributed by atoms with Crippen molar-refractivity contribution < 1.29 is 14.6 Å². The highest BCUT2D eigenvalue weighted by Gasteiger charge is 2.17. The van der Waals surface area contributed by atoms with Crippen molar-refractivity contribution in [1.29, 1.82) is 0 Å². The SMILES string of the molecule is CCCC(=O)OCC(C)(N)[O]. The lowest BCUT2D eigenvalue weighted by Crippen LogP contribution is -2.40. The summed E-state index contributed by atoms with van der Waals surface area (Å²) < 4.78 is 4.57. The number of hydrogen-bond donors (Lipinski definition) is 1. The van der Waals surface area contributed by atoms with E-state index in [0.29, 0.717) is 6.42 Å². The summed E-state index contributed by atoms with van der Waals surface area (Å²) in [4.78, 5) is 10.7. The minimum absolute atomic E-state index is 0.258. The Morgan fingerprint density at radius 2 is 2.18 bits per heavy atom. The van der Waals surface area contributed by atoms with E-state index in [4.69, 9.17) is 5.73 Å². The molecule has 0 aromatic rings. The lowest BCUT2D eigenvalue weighted by Gasteiger charge is -2.13. The van der Waals surface area contributed by atoms with Gasteiger partial charge >= 0.3 is 5.97 Å². The molecule has 0 bridgehead atoms. The Balaban J connectivity index is 3.46. The highest BCUT2D eigenvalue weighted by atomic mass is 16.5. The van der Waals surface area contributed by atoms with E-state index in [1.54, 1.807) is 0 Å². The Kier molecular flexibility index (Phi) is 4.07. The van der Waals surface area contributed by atoms with Crippen molar-refractivity contribution in [1.82, 2.24) is 0 Å². The molecule has 0 aliphatic heterocycles. The summed E-state index contributed by atoms with van der Waals surface area (Å²) in [5.74, 6) is -0.361. The smallest absolute Gasteiger partial charge is 0.305 e. The zero-order valence-electron chi connectivity index (χ0n) is 6.92. The molecule has 0 spiro atoms. The number of rotatable bonds is 4. The third-order valence-electron chi connectivity index (χ3n) is 0.974. The van der Waals surface area contributed by atoms with E-state index in [1.807, 2.05) is 6.92 Å². The predicted octanol–water partition coefficient (Wildman–Crippen LogP) is 0.435. The molecule has 1 atom stereocenters. The second kappa shape index (κ2) is 4.31. The maximum atomic E-state index is 10.7. The maximum absolute atomic E-state index is 10.7. The van der Waals surface area contributed by atoms with E-state index >= 15 is 0 Å². The molecule has 65 valence electrons. The normalized spacial score (nSPS) is 15.6. The van der Waals surface area contributed by atoms with Gasteiger partial charge in [0.05, 0.1) is 0 Å². The molecule has 0 aromatic heterocycles. The number of carbonyl (C=O) groups is 1. The van der Waals surface area contributed by atoms with Crippen LogP contribution < -0.4 is 5.73 Å². The van der Waals surface area contributed by atoms with Crippen LogP contribution in [-0.2, 0) is 14.6 Å². The molecule has 0 aliphatic rings. The molecular weight excluding hydrogens is 146 g/mol. The Labute approximate surface area is 66.3 Å². The number of esters is 1. The van der Waals surface area contributed by atoms with Crippen LogP contribution in [0.2, 0.25) is 0 Å². The fraction of sp³-hybridized carbons (Fsp3) is 0.857. The lowest BCUT2D eigenvalue weighted by atomic mass is 10.3. The molecule has 0 heterocycles. The number of hydrogen-bond acceptors (Lipinski definition) is 3. The highest BCUT2D eigenvalue weighted by molar-refractivity contribution is 5.69. The van der Waals surface area contributed by atoms with Gasteiger partial charge in [0.25, 0.3) is 0 Å². The van der Waals surface area contributed by atoms with Crippen LogP contribution in [0.1, 0.15) is 26.7 Å². The van der Waals surface area contributed by atoms with Crippen molar-refractivity contribution in [3.05, 3.63) is 0 Å².